The smallest absolute Gasteiger partial charge is 0.339 e. The van der Waals surface area contributed by atoms with E-state index in [1.807, 2.05) is 13.1 Å². The number of carbonyl (C=O) groups excluding carboxylic acids is 2. The van der Waals surface area contributed by atoms with Crippen LogP contribution in [0.2, 0.25) is 0 Å². The van der Waals surface area contributed by atoms with Crippen LogP contribution in [0.1, 0.15) is 28.3 Å². The molecular formula is C17H15NO5. The molecule has 1 fully saturated rings. The molecule has 3 atom stereocenters. The van der Waals surface area contributed by atoms with E-state index >= 15 is 0 Å². The Morgan fingerprint density at radius 3 is 2.78 bits per heavy atom. The highest BCUT2D eigenvalue weighted by Gasteiger charge is 2.50. The average molecular weight is 313 g/mol. The molecule has 0 aromatic heterocycles. The number of hydrogen-bond donors (Lipinski definition) is 0. The Morgan fingerprint density at radius 1 is 1.17 bits per heavy atom. The van der Waals surface area contributed by atoms with Gasteiger partial charge in [-0.05, 0) is 42.8 Å². The SMILES string of the molecule is CN1CCC2=CC(=O)[C@H]3OC(=O)c4cc5c(cc4[C@H]3[C@@H]21)OCO5. The summed E-state index contributed by atoms with van der Waals surface area (Å²) in [6.07, 6.45) is 1.80. The first kappa shape index (κ1) is 13.1. The molecule has 1 saturated heterocycles. The predicted molar refractivity (Wildman–Crippen MR) is 78.6 cm³/mol. The van der Waals surface area contributed by atoms with Crippen LogP contribution in [-0.2, 0) is 9.53 Å². The third-order valence-corrected chi connectivity index (χ3v) is 5.24. The molecule has 1 aromatic carbocycles. The van der Waals surface area contributed by atoms with Gasteiger partial charge in [-0.1, -0.05) is 0 Å². The molecule has 0 spiro atoms. The standard InChI is InChI=1S/C17H15NO5/c1-18-3-2-8-4-11(19)16-14(15(8)18)9-5-12-13(22-7-21-12)6-10(9)17(20)23-16/h4-6,14-16H,2-3,7H2,1H3/t14-,15+,16+/m0/s1. The summed E-state index contributed by atoms with van der Waals surface area (Å²) in [5.41, 5.74) is 2.43. The van der Waals surface area contributed by atoms with Crippen LogP contribution in [0.15, 0.2) is 23.8 Å². The van der Waals surface area contributed by atoms with Crippen LogP contribution < -0.4 is 9.47 Å². The van der Waals surface area contributed by atoms with Crippen molar-refractivity contribution in [1.82, 2.24) is 4.90 Å². The Morgan fingerprint density at radius 2 is 1.96 bits per heavy atom. The molecule has 118 valence electrons. The van der Waals surface area contributed by atoms with Crippen LogP contribution in [0.5, 0.6) is 11.5 Å². The van der Waals surface area contributed by atoms with E-state index < -0.39 is 12.1 Å². The van der Waals surface area contributed by atoms with Gasteiger partial charge in [0.15, 0.2) is 23.4 Å². The number of hydrogen-bond acceptors (Lipinski definition) is 6. The van der Waals surface area contributed by atoms with Crippen molar-refractivity contribution in [3.63, 3.8) is 0 Å². The second-order valence-electron chi connectivity index (χ2n) is 6.44. The van der Waals surface area contributed by atoms with Crippen molar-refractivity contribution in [3.05, 3.63) is 34.9 Å². The van der Waals surface area contributed by atoms with Crippen molar-refractivity contribution in [3.8, 4) is 11.5 Å². The van der Waals surface area contributed by atoms with Gasteiger partial charge >= 0.3 is 5.97 Å². The summed E-state index contributed by atoms with van der Waals surface area (Å²) in [6.45, 7) is 1.05. The fraction of sp³-hybridized carbons (Fsp3) is 0.412. The van der Waals surface area contributed by atoms with E-state index in [2.05, 4.69) is 4.90 Å². The van der Waals surface area contributed by atoms with E-state index in [9.17, 15) is 9.59 Å². The van der Waals surface area contributed by atoms with Crippen molar-refractivity contribution >= 4 is 11.8 Å². The Hall–Kier alpha value is -2.34. The van der Waals surface area contributed by atoms with Crippen molar-refractivity contribution in [2.24, 2.45) is 0 Å². The lowest BCUT2D eigenvalue weighted by atomic mass is 9.74. The van der Waals surface area contributed by atoms with E-state index in [1.54, 1.807) is 12.1 Å². The zero-order chi connectivity index (χ0) is 15.7. The molecule has 6 heteroatoms. The molecule has 0 amide bonds. The molecule has 4 aliphatic rings. The van der Waals surface area contributed by atoms with Crippen LogP contribution in [0.4, 0.5) is 0 Å². The highest BCUT2D eigenvalue weighted by Crippen LogP contribution is 2.47. The number of fused-ring (bicyclic) bond motifs is 6. The summed E-state index contributed by atoms with van der Waals surface area (Å²) in [5.74, 6) is 0.411. The molecule has 6 nitrogen and oxygen atoms in total. The van der Waals surface area contributed by atoms with Crippen molar-refractivity contribution < 1.29 is 23.8 Å². The number of carbonyl (C=O) groups is 2. The van der Waals surface area contributed by atoms with E-state index in [0.717, 1.165) is 24.1 Å². The topological polar surface area (TPSA) is 65.1 Å². The van der Waals surface area contributed by atoms with E-state index in [-0.39, 0.29) is 24.5 Å². The quantitative estimate of drug-likeness (QED) is 0.672. The predicted octanol–water partition coefficient (Wildman–Crippen LogP) is 1.25. The van der Waals surface area contributed by atoms with Gasteiger partial charge in [0.05, 0.1) is 5.56 Å². The van der Waals surface area contributed by atoms with Gasteiger partial charge in [0, 0.05) is 18.5 Å². The first-order chi connectivity index (χ1) is 11.1. The van der Waals surface area contributed by atoms with Gasteiger partial charge in [0.1, 0.15) is 0 Å². The number of likely N-dealkylation sites (tertiary alicyclic amines) is 1. The van der Waals surface area contributed by atoms with Gasteiger partial charge in [-0.15, -0.1) is 0 Å². The number of likely N-dealkylation sites (N-methyl/N-ethyl adjacent to an activating group) is 1. The molecule has 5 rings (SSSR count). The Balaban J connectivity index is 1.72. The molecule has 1 aromatic rings. The summed E-state index contributed by atoms with van der Waals surface area (Å²) >= 11 is 0. The molecule has 1 aliphatic carbocycles. The normalized spacial score (nSPS) is 31.2. The van der Waals surface area contributed by atoms with Gasteiger partial charge in [0.25, 0.3) is 0 Å². The maximum absolute atomic E-state index is 12.4. The van der Waals surface area contributed by atoms with Gasteiger partial charge < -0.3 is 14.2 Å². The van der Waals surface area contributed by atoms with Crippen molar-refractivity contribution in [1.29, 1.82) is 0 Å². The zero-order valence-electron chi connectivity index (χ0n) is 12.6. The summed E-state index contributed by atoms with van der Waals surface area (Å²) < 4.78 is 16.3. The maximum Gasteiger partial charge on any atom is 0.339 e. The summed E-state index contributed by atoms with van der Waals surface area (Å²) in [5, 5.41) is 0. The molecule has 0 unspecified atom stereocenters. The summed E-state index contributed by atoms with van der Waals surface area (Å²) in [7, 11) is 2.04. The molecular weight excluding hydrogens is 298 g/mol. The molecule has 3 aliphatic heterocycles. The molecule has 3 heterocycles. The molecule has 0 bridgehead atoms. The fourth-order valence-corrected chi connectivity index (χ4v) is 4.20. The number of esters is 1. The molecule has 23 heavy (non-hydrogen) atoms. The first-order valence-corrected chi connectivity index (χ1v) is 7.72. The van der Waals surface area contributed by atoms with Crippen LogP contribution in [0, 0.1) is 0 Å². The van der Waals surface area contributed by atoms with Crippen molar-refractivity contribution in [2.45, 2.75) is 24.5 Å². The Labute approximate surface area is 132 Å². The van der Waals surface area contributed by atoms with Crippen molar-refractivity contribution in [2.75, 3.05) is 20.4 Å². The monoisotopic (exact) mass is 313 g/mol. The number of benzene rings is 1. The second-order valence-corrected chi connectivity index (χ2v) is 6.44. The number of ketones is 1. The highest BCUT2D eigenvalue weighted by atomic mass is 16.7. The summed E-state index contributed by atoms with van der Waals surface area (Å²) in [6, 6.07) is 3.61. The minimum atomic E-state index is -0.746. The first-order valence-electron chi connectivity index (χ1n) is 7.72. The van der Waals surface area contributed by atoms with Crippen LogP contribution in [0.3, 0.4) is 0 Å². The minimum absolute atomic E-state index is 0.0879. The van der Waals surface area contributed by atoms with Gasteiger partial charge in [-0.3, -0.25) is 9.69 Å². The van der Waals surface area contributed by atoms with Crippen LogP contribution in [-0.4, -0.2) is 49.2 Å². The number of nitrogens with zero attached hydrogens (tertiary/aromatic N) is 1. The second kappa shape index (κ2) is 4.35. The molecule has 0 radical (unpaired) electrons. The van der Waals surface area contributed by atoms with Gasteiger partial charge in [-0.2, -0.15) is 0 Å². The minimum Gasteiger partial charge on any atom is -0.454 e. The molecule has 0 N–H and O–H groups in total. The number of rotatable bonds is 0. The van der Waals surface area contributed by atoms with E-state index in [1.165, 1.54) is 0 Å². The largest absolute Gasteiger partial charge is 0.454 e. The third-order valence-electron chi connectivity index (χ3n) is 5.24. The van der Waals surface area contributed by atoms with Gasteiger partial charge in [0.2, 0.25) is 6.79 Å². The van der Waals surface area contributed by atoms with Crippen LogP contribution in [0.25, 0.3) is 0 Å². The zero-order valence-corrected chi connectivity index (χ0v) is 12.6. The fourth-order valence-electron chi connectivity index (χ4n) is 4.20. The Kier molecular flexibility index (Phi) is 2.48. The maximum atomic E-state index is 12.4. The van der Waals surface area contributed by atoms with E-state index in [4.69, 9.17) is 14.2 Å². The van der Waals surface area contributed by atoms with E-state index in [0.29, 0.717) is 17.1 Å². The van der Waals surface area contributed by atoms with Gasteiger partial charge in [-0.25, -0.2) is 4.79 Å². The van der Waals surface area contributed by atoms with Crippen LogP contribution >= 0.6 is 0 Å². The number of ether oxygens (including phenoxy) is 3. The lowest BCUT2D eigenvalue weighted by molar-refractivity contribution is -0.126. The third kappa shape index (κ3) is 1.67. The Bertz CT molecular complexity index is 783. The average Bonchev–Trinajstić information content (AvgIpc) is 3.13. The highest BCUT2D eigenvalue weighted by molar-refractivity contribution is 6.03. The molecule has 0 saturated carbocycles. The summed E-state index contributed by atoms with van der Waals surface area (Å²) in [4.78, 5) is 27.0. The lowest BCUT2D eigenvalue weighted by Crippen LogP contribution is -2.49. The lowest BCUT2D eigenvalue weighted by Gasteiger charge is -2.40.